The van der Waals surface area contributed by atoms with E-state index in [-0.39, 0.29) is 30.1 Å². The molecule has 1 saturated carbocycles. The molecular formula is C27H25ClF7N5. The van der Waals surface area contributed by atoms with E-state index in [0.717, 1.165) is 19.9 Å². The standard InChI is InChI=1S/C27H25ClF7N5/c1-24(2,27(33,34)35)39-11-15-8-17(28)6-7-19(15)40-21(12-39)36-37-23(40)16-9-25(10-16)13-38(14-25)20-5-3-4-18(22(20)29)26(30,31)32/h3-8,16H,9-14H2,1-2H3. The number of hydrogen-bond donors (Lipinski definition) is 0. The van der Waals surface area contributed by atoms with Crippen LogP contribution in [0.2, 0.25) is 5.02 Å². The summed E-state index contributed by atoms with van der Waals surface area (Å²) in [6.45, 7) is 3.01. The zero-order chi connectivity index (χ0) is 28.8. The molecule has 0 radical (unpaired) electrons. The Morgan fingerprint density at radius 3 is 2.27 bits per heavy atom. The van der Waals surface area contributed by atoms with Gasteiger partial charge in [-0.05, 0) is 62.6 Å². The van der Waals surface area contributed by atoms with Crippen molar-refractivity contribution in [1.29, 1.82) is 0 Å². The molecule has 6 rings (SSSR count). The molecule has 3 aromatic rings. The predicted molar refractivity (Wildman–Crippen MR) is 134 cm³/mol. The summed E-state index contributed by atoms with van der Waals surface area (Å²) < 4.78 is 97.8. The second-order valence-electron chi connectivity index (χ2n) is 11.6. The maximum absolute atomic E-state index is 14.6. The number of halogens is 8. The molecule has 2 aromatic carbocycles. The quantitative estimate of drug-likeness (QED) is 0.306. The van der Waals surface area contributed by atoms with E-state index in [1.165, 1.54) is 17.0 Å². The summed E-state index contributed by atoms with van der Waals surface area (Å²) in [5.41, 5.74) is -2.41. The fraction of sp³-hybridized carbons (Fsp3) is 0.481. The lowest BCUT2D eigenvalue weighted by Crippen LogP contribution is -2.62. The molecule has 214 valence electrons. The minimum atomic E-state index is -4.78. The number of fused-ring (bicyclic) bond motifs is 3. The van der Waals surface area contributed by atoms with Crippen molar-refractivity contribution in [3.05, 3.63) is 70.0 Å². The SMILES string of the molecule is CC(C)(N1Cc2cc(Cl)ccc2-n2c(nnc2C2CC3(C2)CN(c2cccc(C(F)(F)F)c2F)C3)C1)C(F)(F)F. The lowest BCUT2D eigenvalue weighted by molar-refractivity contribution is -0.224. The van der Waals surface area contributed by atoms with E-state index in [4.69, 9.17) is 11.6 Å². The largest absolute Gasteiger partial charge is 0.419 e. The lowest BCUT2D eigenvalue weighted by Gasteiger charge is -2.59. The Balaban J connectivity index is 1.25. The summed E-state index contributed by atoms with van der Waals surface area (Å²) in [5, 5.41) is 9.08. The third-order valence-corrected chi connectivity index (χ3v) is 8.85. The molecule has 0 amide bonds. The van der Waals surface area contributed by atoms with Crippen molar-refractivity contribution in [2.24, 2.45) is 5.41 Å². The number of hydrogen-bond acceptors (Lipinski definition) is 4. The normalized spacial score (nSPS) is 19.6. The van der Waals surface area contributed by atoms with Crippen molar-refractivity contribution in [2.75, 3.05) is 18.0 Å². The molecule has 5 nitrogen and oxygen atoms in total. The minimum absolute atomic E-state index is 0.0112. The summed E-state index contributed by atoms with van der Waals surface area (Å²) in [4.78, 5) is 2.93. The van der Waals surface area contributed by atoms with E-state index in [2.05, 4.69) is 10.2 Å². The minimum Gasteiger partial charge on any atom is -0.368 e. The second-order valence-corrected chi connectivity index (χ2v) is 12.0. The van der Waals surface area contributed by atoms with Crippen LogP contribution < -0.4 is 4.90 Å². The van der Waals surface area contributed by atoms with E-state index in [1.54, 1.807) is 23.1 Å². The highest BCUT2D eigenvalue weighted by Crippen LogP contribution is 2.57. The first kappa shape index (κ1) is 27.3. The van der Waals surface area contributed by atoms with Gasteiger partial charge in [0, 0.05) is 36.0 Å². The summed E-state index contributed by atoms with van der Waals surface area (Å²) in [6, 6.07) is 8.37. The van der Waals surface area contributed by atoms with Gasteiger partial charge in [-0.25, -0.2) is 4.39 Å². The van der Waals surface area contributed by atoms with E-state index in [9.17, 15) is 30.7 Å². The highest BCUT2D eigenvalue weighted by Gasteiger charge is 2.56. The average molecular weight is 588 g/mol. The third-order valence-electron chi connectivity index (χ3n) is 8.62. The smallest absolute Gasteiger partial charge is 0.368 e. The first-order chi connectivity index (χ1) is 18.6. The Bertz CT molecular complexity index is 1460. The molecule has 3 heterocycles. The topological polar surface area (TPSA) is 37.2 Å². The van der Waals surface area contributed by atoms with Crippen LogP contribution in [0.4, 0.5) is 36.4 Å². The lowest BCUT2D eigenvalue weighted by atomic mass is 9.57. The van der Waals surface area contributed by atoms with Crippen LogP contribution in [0, 0.1) is 11.2 Å². The maximum Gasteiger partial charge on any atom is 0.419 e. The van der Waals surface area contributed by atoms with Crippen molar-refractivity contribution < 1.29 is 30.7 Å². The van der Waals surface area contributed by atoms with Crippen molar-refractivity contribution in [1.82, 2.24) is 19.7 Å². The number of nitrogens with zero attached hydrogens (tertiary/aromatic N) is 5. The van der Waals surface area contributed by atoms with Gasteiger partial charge < -0.3 is 4.90 Å². The monoisotopic (exact) mass is 587 g/mol. The Labute approximate surface area is 230 Å². The first-order valence-electron chi connectivity index (χ1n) is 12.8. The fourth-order valence-electron chi connectivity index (χ4n) is 6.21. The molecule has 1 aliphatic carbocycles. The number of alkyl halides is 6. The molecule has 1 saturated heterocycles. The highest BCUT2D eigenvalue weighted by molar-refractivity contribution is 6.30. The molecule has 2 fully saturated rings. The van der Waals surface area contributed by atoms with Crippen LogP contribution >= 0.6 is 11.6 Å². The molecule has 2 aliphatic heterocycles. The van der Waals surface area contributed by atoms with Gasteiger partial charge in [0.1, 0.15) is 11.4 Å². The number of benzene rings is 2. The van der Waals surface area contributed by atoms with Crippen LogP contribution in [0.15, 0.2) is 36.4 Å². The number of anilines is 1. The summed E-state index contributed by atoms with van der Waals surface area (Å²) in [5.74, 6) is -0.319. The van der Waals surface area contributed by atoms with Crippen molar-refractivity contribution in [3.63, 3.8) is 0 Å². The molecule has 0 bridgehead atoms. The van der Waals surface area contributed by atoms with E-state index in [1.807, 2.05) is 4.57 Å². The van der Waals surface area contributed by atoms with Gasteiger partial charge in [-0.3, -0.25) is 9.47 Å². The Hall–Kier alpha value is -2.86. The molecule has 0 atom stereocenters. The predicted octanol–water partition coefficient (Wildman–Crippen LogP) is 7.12. The van der Waals surface area contributed by atoms with Gasteiger partial charge in [-0.1, -0.05) is 17.7 Å². The number of aromatic nitrogens is 3. The van der Waals surface area contributed by atoms with Gasteiger partial charge in [0.15, 0.2) is 11.6 Å². The van der Waals surface area contributed by atoms with Gasteiger partial charge in [0.25, 0.3) is 0 Å². The van der Waals surface area contributed by atoms with Crippen LogP contribution in [0.5, 0.6) is 0 Å². The molecule has 1 spiro atoms. The molecule has 40 heavy (non-hydrogen) atoms. The summed E-state index contributed by atoms with van der Waals surface area (Å²) in [7, 11) is 0. The summed E-state index contributed by atoms with van der Waals surface area (Å²) in [6.07, 6.45) is -7.95. The summed E-state index contributed by atoms with van der Waals surface area (Å²) >= 11 is 6.22. The molecule has 3 aliphatic rings. The van der Waals surface area contributed by atoms with Gasteiger partial charge >= 0.3 is 12.4 Å². The van der Waals surface area contributed by atoms with Crippen molar-refractivity contribution in [2.45, 2.75) is 63.6 Å². The second kappa shape index (κ2) is 8.82. The maximum atomic E-state index is 14.6. The molecule has 0 N–H and O–H groups in total. The van der Waals surface area contributed by atoms with Crippen molar-refractivity contribution in [3.8, 4) is 5.69 Å². The van der Waals surface area contributed by atoms with Crippen LogP contribution in [0.3, 0.4) is 0 Å². The van der Waals surface area contributed by atoms with Gasteiger partial charge in [-0.15, -0.1) is 10.2 Å². The first-order valence-corrected chi connectivity index (χ1v) is 13.1. The van der Waals surface area contributed by atoms with Crippen LogP contribution in [-0.2, 0) is 19.3 Å². The highest BCUT2D eigenvalue weighted by atomic mass is 35.5. The molecule has 13 heteroatoms. The van der Waals surface area contributed by atoms with E-state index >= 15 is 0 Å². The van der Waals surface area contributed by atoms with Gasteiger partial charge in [-0.2, -0.15) is 26.3 Å². The van der Waals surface area contributed by atoms with Gasteiger partial charge in [0.05, 0.1) is 23.5 Å². The Morgan fingerprint density at radius 1 is 0.925 bits per heavy atom. The van der Waals surface area contributed by atoms with Crippen LogP contribution in [0.25, 0.3) is 5.69 Å². The fourth-order valence-corrected chi connectivity index (χ4v) is 6.40. The molecule has 1 aromatic heterocycles. The zero-order valence-electron chi connectivity index (χ0n) is 21.5. The third kappa shape index (κ3) is 4.25. The number of rotatable bonds is 3. The molecule has 0 unspecified atom stereocenters. The van der Waals surface area contributed by atoms with E-state index < -0.39 is 29.3 Å². The van der Waals surface area contributed by atoms with Crippen LogP contribution in [0.1, 0.15) is 55.4 Å². The zero-order valence-corrected chi connectivity index (χ0v) is 22.3. The van der Waals surface area contributed by atoms with Crippen molar-refractivity contribution >= 4 is 17.3 Å². The Morgan fingerprint density at radius 2 is 1.62 bits per heavy atom. The van der Waals surface area contributed by atoms with E-state index in [0.29, 0.717) is 53.9 Å². The van der Waals surface area contributed by atoms with Gasteiger partial charge in [0.2, 0.25) is 0 Å². The average Bonchev–Trinajstić information content (AvgIpc) is 3.11. The molecular weight excluding hydrogens is 563 g/mol. The Kier molecular flexibility index (Phi) is 6.02. The van der Waals surface area contributed by atoms with Crippen LogP contribution in [-0.4, -0.2) is 44.5 Å².